The smallest absolute Gasteiger partial charge is 0.220 e. The van der Waals surface area contributed by atoms with Gasteiger partial charge in [-0.1, -0.05) is 36.4 Å². The summed E-state index contributed by atoms with van der Waals surface area (Å²) in [7, 11) is 0. The van der Waals surface area contributed by atoms with Crippen LogP contribution in [0.1, 0.15) is 6.42 Å². The number of carbonyl (C=O) groups excluding carboxylic acids is 1. The summed E-state index contributed by atoms with van der Waals surface area (Å²) in [5.41, 5.74) is 0. The monoisotopic (exact) mass is 317 g/mol. The second-order valence-electron chi connectivity index (χ2n) is 4.42. The number of nitrogens with one attached hydrogen (secondary N) is 1. The predicted octanol–water partition coefficient (Wildman–Crippen LogP) is 4.08. The molecule has 0 fully saturated rings. The molecule has 0 aliphatic heterocycles. The molecule has 0 aliphatic carbocycles. The molecule has 2 aromatic rings. The molecule has 2 nitrogen and oxygen atoms in total. The maximum atomic E-state index is 11.7. The number of thioether (sulfide) groups is 2. The molecule has 0 saturated carbocycles. The van der Waals surface area contributed by atoms with E-state index in [1.54, 1.807) is 23.5 Å². The van der Waals surface area contributed by atoms with Crippen molar-refractivity contribution in [3.63, 3.8) is 0 Å². The van der Waals surface area contributed by atoms with Gasteiger partial charge in [-0.15, -0.1) is 23.5 Å². The lowest BCUT2D eigenvalue weighted by Crippen LogP contribution is -2.25. The molecule has 0 heterocycles. The van der Waals surface area contributed by atoms with Gasteiger partial charge < -0.3 is 5.32 Å². The van der Waals surface area contributed by atoms with Crippen LogP contribution in [0.5, 0.6) is 0 Å². The third kappa shape index (κ3) is 6.74. The van der Waals surface area contributed by atoms with Crippen molar-refractivity contribution in [3.05, 3.63) is 60.7 Å². The van der Waals surface area contributed by atoms with E-state index in [-0.39, 0.29) is 5.91 Å². The van der Waals surface area contributed by atoms with Crippen LogP contribution in [0, 0.1) is 0 Å². The summed E-state index contributed by atoms with van der Waals surface area (Å²) in [6.45, 7) is 0.717. The lowest BCUT2D eigenvalue weighted by molar-refractivity contribution is -0.120. The van der Waals surface area contributed by atoms with Gasteiger partial charge in [-0.25, -0.2) is 0 Å². The Labute approximate surface area is 134 Å². The SMILES string of the molecule is O=C(CCSc1ccccc1)NCCSc1ccccc1. The van der Waals surface area contributed by atoms with Gasteiger partial charge >= 0.3 is 0 Å². The molecule has 110 valence electrons. The van der Waals surface area contributed by atoms with Crippen LogP contribution in [0.15, 0.2) is 70.5 Å². The number of benzene rings is 2. The zero-order valence-corrected chi connectivity index (χ0v) is 13.5. The van der Waals surface area contributed by atoms with E-state index in [1.807, 2.05) is 36.4 Å². The lowest BCUT2D eigenvalue weighted by atomic mass is 10.4. The van der Waals surface area contributed by atoms with E-state index in [0.717, 1.165) is 11.5 Å². The van der Waals surface area contributed by atoms with Gasteiger partial charge in [0.1, 0.15) is 0 Å². The molecular weight excluding hydrogens is 298 g/mol. The minimum absolute atomic E-state index is 0.132. The first-order chi connectivity index (χ1) is 10.3. The van der Waals surface area contributed by atoms with E-state index in [0.29, 0.717) is 13.0 Å². The molecule has 0 spiro atoms. The van der Waals surface area contributed by atoms with Crippen LogP contribution in [0.2, 0.25) is 0 Å². The van der Waals surface area contributed by atoms with Crippen molar-refractivity contribution >= 4 is 29.4 Å². The molecule has 0 bridgehead atoms. The number of hydrogen-bond donors (Lipinski definition) is 1. The third-order valence-corrected chi connectivity index (χ3v) is 4.80. The Hall–Kier alpha value is -1.39. The summed E-state index contributed by atoms with van der Waals surface area (Å²) in [6, 6.07) is 20.4. The highest BCUT2D eigenvalue weighted by Crippen LogP contribution is 2.18. The molecule has 0 aromatic heterocycles. The zero-order valence-electron chi connectivity index (χ0n) is 11.8. The molecule has 1 amide bonds. The van der Waals surface area contributed by atoms with E-state index in [2.05, 4.69) is 29.6 Å². The van der Waals surface area contributed by atoms with Gasteiger partial charge in [0.05, 0.1) is 0 Å². The maximum absolute atomic E-state index is 11.7. The normalized spacial score (nSPS) is 10.3. The summed E-state index contributed by atoms with van der Waals surface area (Å²) in [5, 5.41) is 2.97. The Morgan fingerprint density at radius 2 is 1.33 bits per heavy atom. The highest BCUT2D eigenvalue weighted by Gasteiger charge is 2.01. The first-order valence-electron chi connectivity index (χ1n) is 6.97. The highest BCUT2D eigenvalue weighted by molar-refractivity contribution is 7.99. The van der Waals surface area contributed by atoms with E-state index in [4.69, 9.17) is 0 Å². The number of rotatable bonds is 8. The molecule has 2 aromatic carbocycles. The average molecular weight is 317 g/mol. The fraction of sp³-hybridized carbons (Fsp3) is 0.235. The van der Waals surface area contributed by atoms with Crippen molar-refractivity contribution in [2.75, 3.05) is 18.1 Å². The predicted molar refractivity (Wildman–Crippen MR) is 92.0 cm³/mol. The summed E-state index contributed by atoms with van der Waals surface area (Å²) in [4.78, 5) is 14.2. The molecule has 0 unspecified atom stereocenters. The van der Waals surface area contributed by atoms with Gasteiger partial charge in [0.2, 0.25) is 5.91 Å². The highest BCUT2D eigenvalue weighted by atomic mass is 32.2. The Balaban J connectivity index is 1.54. The summed E-state index contributed by atoms with van der Waals surface area (Å²) in [6.07, 6.45) is 0.565. The van der Waals surface area contributed by atoms with Crippen LogP contribution in [0.25, 0.3) is 0 Å². The fourth-order valence-corrected chi connectivity index (χ4v) is 3.40. The lowest BCUT2D eigenvalue weighted by Gasteiger charge is -2.05. The first kappa shape index (κ1) is 16.0. The Kier molecular flexibility index (Phi) is 7.25. The maximum Gasteiger partial charge on any atom is 0.220 e. The van der Waals surface area contributed by atoms with Crippen LogP contribution in [0.3, 0.4) is 0 Å². The second kappa shape index (κ2) is 9.53. The fourth-order valence-electron chi connectivity index (χ4n) is 1.74. The molecule has 0 saturated heterocycles. The molecule has 2 rings (SSSR count). The van der Waals surface area contributed by atoms with Crippen molar-refractivity contribution in [1.29, 1.82) is 0 Å². The van der Waals surface area contributed by atoms with Crippen molar-refractivity contribution in [2.24, 2.45) is 0 Å². The molecular formula is C17H19NOS2. The van der Waals surface area contributed by atoms with Gasteiger partial charge in [-0.3, -0.25) is 4.79 Å². The van der Waals surface area contributed by atoms with E-state index >= 15 is 0 Å². The minimum Gasteiger partial charge on any atom is -0.355 e. The quantitative estimate of drug-likeness (QED) is 0.587. The third-order valence-electron chi connectivity index (χ3n) is 2.78. The number of hydrogen-bond acceptors (Lipinski definition) is 3. The van der Waals surface area contributed by atoms with Crippen LogP contribution in [-0.4, -0.2) is 24.0 Å². The molecule has 0 radical (unpaired) electrons. The van der Waals surface area contributed by atoms with Crippen LogP contribution in [0.4, 0.5) is 0 Å². The van der Waals surface area contributed by atoms with Crippen LogP contribution < -0.4 is 5.32 Å². The summed E-state index contributed by atoms with van der Waals surface area (Å²) < 4.78 is 0. The van der Waals surface area contributed by atoms with Crippen molar-refractivity contribution < 1.29 is 4.79 Å². The molecule has 0 aliphatic rings. The van der Waals surface area contributed by atoms with E-state index < -0.39 is 0 Å². The first-order valence-corrected chi connectivity index (χ1v) is 8.94. The molecule has 1 N–H and O–H groups in total. The molecule has 4 heteroatoms. The Morgan fingerprint density at radius 1 is 0.810 bits per heavy atom. The average Bonchev–Trinajstić information content (AvgIpc) is 2.54. The van der Waals surface area contributed by atoms with Gasteiger partial charge in [-0.05, 0) is 24.3 Å². The Bertz CT molecular complexity index is 531. The van der Waals surface area contributed by atoms with E-state index in [1.165, 1.54) is 9.79 Å². The summed E-state index contributed by atoms with van der Waals surface area (Å²) in [5.74, 6) is 1.86. The van der Waals surface area contributed by atoms with Crippen molar-refractivity contribution in [1.82, 2.24) is 5.32 Å². The van der Waals surface area contributed by atoms with Gasteiger partial charge in [-0.2, -0.15) is 0 Å². The number of carbonyl (C=O) groups is 1. The van der Waals surface area contributed by atoms with Crippen LogP contribution >= 0.6 is 23.5 Å². The summed E-state index contributed by atoms with van der Waals surface area (Å²) >= 11 is 3.48. The Morgan fingerprint density at radius 3 is 1.90 bits per heavy atom. The number of amides is 1. The standard InChI is InChI=1S/C17H19NOS2/c19-17(11-13-20-15-7-3-1-4-8-15)18-12-14-21-16-9-5-2-6-10-16/h1-10H,11-14H2,(H,18,19). The second-order valence-corrected chi connectivity index (χ2v) is 6.76. The largest absolute Gasteiger partial charge is 0.355 e. The van der Waals surface area contributed by atoms with Crippen LogP contribution in [-0.2, 0) is 4.79 Å². The van der Waals surface area contributed by atoms with Gasteiger partial charge in [0.25, 0.3) is 0 Å². The van der Waals surface area contributed by atoms with Crippen molar-refractivity contribution in [2.45, 2.75) is 16.2 Å². The molecule has 0 atom stereocenters. The van der Waals surface area contributed by atoms with Gasteiger partial charge in [0.15, 0.2) is 0 Å². The topological polar surface area (TPSA) is 29.1 Å². The molecule has 21 heavy (non-hydrogen) atoms. The van der Waals surface area contributed by atoms with Crippen molar-refractivity contribution in [3.8, 4) is 0 Å². The van der Waals surface area contributed by atoms with E-state index in [9.17, 15) is 4.79 Å². The minimum atomic E-state index is 0.132. The van der Waals surface area contributed by atoms with Gasteiger partial charge in [0, 0.05) is 34.3 Å². The zero-order chi connectivity index (χ0) is 14.8.